The van der Waals surface area contributed by atoms with Gasteiger partial charge in [-0.25, -0.2) is 0 Å². The Balaban J connectivity index is 1.82. The van der Waals surface area contributed by atoms with Crippen molar-refractivity contribution >= 4 is 11.6 Å². The van der Waals surface area contributed by atoms with Crippen molar-refractivity contribution in [2.75, 3.05) is 13.1 Å². The smallest absolute Gasteiger partial charge is 0.0406 e. The lowest BCUT2D eigenvalue weighted by atomic mass is 10.0. The van der Waals surface area contributed by atoms with Crippen LogP contribution in [0.25, 0.3) is 0 Å². The molecule has 0 amide bonds. The first-order valence-electron chi connectivity index (χ1n) is 6.95. The molecule has 1 aliphatic carbocycles. The summed E-state index contributed by atoms with van der Waals surface area (Å²) in [5.74, 6) is 0. The van der Waals surface area contributed by atoms with E-state index in [1.54, 1.807) is 0 Å². The third kappa shape index (κ3) is 3.98. The Morgan fingerprint density at radius 3 is 2.50 bits per heavy atom. The standard InChI is InChI=1S/C15H23ClN2/c1-2-10-18(14-7-8-14)11-9-15(17)12-3-5-13(16)6-4-12/h3-6,14-15H,2,7-11,17H2,1H3. The molecule has 0 heterocycles. The summed E-state index contributed by atoms with van der Waals surface area (Å²) in [6, 6.07) is 8.87. The summed E-state index contributed by atoms with van der Waals surface area (Å²) in [4.78, 5) is 2.59. The quantitative estimate of drug-likeness (QED) is 0.817. The van der Waals surface area contributed by atoms with E-state index in [1.165, 1.54) is 31.4 Å². The molecule has 3 heteroatoms. The summed E-state index contributed by atoms with van der Waals surface area (Å²) < 4.78 is 0. The summed E-state index contributed by atoms with van der Waals surface area (Å²) in [5, 5.41) is 0.775. The largest absolute Gasteiger partial charge is 0.324 e. The highest BCUT2D eigenvalue weighted by molar-refractivity contribution is 6.30. The number of benzene rings is 1. The molecule has 0 saturated heterocycles. The van der Waals surface area contributed by atoms with Gasteiger partial charge in [0.15, 0.2) is 0 Å². The Morgan fingerprint density at radius 1 is 1.28 bits per heavy atom. The van der Waals surface area contributed by atoms with Crippen molar-refractivity contribution in [3.63, 3.8) is 0 Å². The number of hydrogen-bond donors (Lipinski definition) is 1. The van der Waals surface area contributed by atoms with Gasteiger partial charge < -0.3 is 10.6 Å². The Hall–Kier alpha value is -0.570. The highest BCUT2D eigenvalue weighted by Crippen LogP contribution is 2.28. The normalized spacial score (nSPS) is 17.1. The Morgan fingerprint density at radius 2 is 1.94 bits per heavy atom. The second kappa shape index (κ2) is 6.55. The molecule has 0 spiro atoms. The molecule has 1 atom stereocenters. The summed E-state index contributed by atoms with van der Waals surface area (Å²) in [6.45, 7) is 4.56. The van der Waals surface area contributed by atoms with Gasteiger partial charge in [0.05, 0.1) is 0 Å². The summed E-state index contributed by atoms with van der Waals surface area (Å²) in [7, 11) is 0. The Bertz CT molecular complexity index is 359. The van der Waals surface area contributed by atoms with Gasteiger partial charge in [0, 0.05) is 23.7 Å². The molecule has 1 saturated carbocycles. The first-order chi connectivity index (χ1) is 8.70. The van der Waals surface area contributed by atoms with Crippen molar-refractivity contribution in [1.29, 1.82) is 0 Å². The van der Waals surface area contributed by atoms with Crippen LogP contribution in [0.4, 0.5) is 0 Å². The molecule has 0 bridgehead atoms. The first-order valence-corrected chi connectivity index (χ1v) is 7.33. The lowest BCUT2D eigenvalue weighted by Crippen LogP contribution is -2.30. The molecule has 2 rings (SSSR count). The zero-order valence-corrected chi connectivity index (χ0v) is 11.9. The third-order valence-corrected chi connectivity index (χ3v) is 3.85. The Kier molecular flexibility index (Phi) is 5.04. The van der Waals surface area contributed by atoms with Gasteiger partial charge in [0.25, 0.3) is 0 Å². The zero-order valence-electron chi connectivity index (χ0n) is 11.1. The van der Waals surface area contributed by atoms with E-state index in [-0.39, 0.29) is 6.04 Å². The van der Waals surface area contributed by atoms with Crippen LogP contribution in [0.3, 0.4) is 0 Å². The van der Waals surface area contributed by atoms with Crippen molar-refractivity contribution in [2.24, 2.45) is 5.73 Å². The SMILES string of the molecule is CCCN(CCC(N)c1ccc(Cl)cc1)C1CC1. The van der Waals surface area contributed by atoms with E-state index in [0.717, 1.165) is 24.0 Å². The first kappa shape index (κ1) is 13.9. The monoisotopic (exact) mass is 266 g/mol. The second-order valence-electron chi connectivity index (χ2n) is 5.21. The van der Waals surface area contributed by atoms with Crippen LogP contribution >= 0.6 is 11.6 Å². The topological polar surface area (TPSA) is 29.3 Å². The zero-order chi connectivity index (χ0) is 13.0. The predicted molar refractivity (Wildman–Crippen MR) is 77.9 cm³/mol. The lowest BCUT2D eigenvalue weighted by molar-refractivity contribution is 0.253. The fraction of sp³-hybridized carbons (Fsp3) is 0.600. The van der Waals surface area contributed by atoms with E-state index in [1.807, 2.05) is 24.3 Å². The minimum Gasteiger partial charge on any atom is -0.324 e. The number of halogens is 1. The van der Waals surface area contributed by atoms with Crippen LogP contribution in [0, 0.1) is 0 Å². The summed E-state index contributed by atoms with van der Waals surface area (Å²) in [5.41, 5.74) is 7.43. The molecule has 2 N–H and O–H groups in total. The van der Waals surface area contributed by atoms with Crippen molar-refractivity contribution in [3.8, 4) is 0 Å². The molecule has 0 aromatic heterocycles. The number of rotatable bonds is 7. The van der Waals surface area contributed by atoms with Gasteiger partial charge in [0.1, 0.15) is 0 Å². The van der Waals surface area contributed by atoms with E-state index in [2.05, 4.69) is 11.8 Å². The molecule has 0 aliphatic heterocycles. The molecule has 1 aromatic rings. The van der Waals surface area contributed by atoms with Gasteiger partial charge in [-0.2, -0.15) is 0 Å². The van der Waals surface area contributed by atoms with Crippen LogP contribution in [0.2, 0.25) is 5.02 Å². The second-order valence-corrected chi connectivity index (χ2v) is 5.65. The van der Waals surface area contributed by atoms with E-state index >= 15 is 0 Å². The van der Waals surface area contributed by atoms with Gasteiger partial charge in [0.2, 0.25) is 0 Å². The van der Waals surface area contributed by atoms with E-state index in [0.29, 0.717) is 0 Å². The fourth-order valence-electron chi connectivity index (χ4n) is 2.39. The maximum absolute atomic E-state index is 6.24. The average Bonchev–Trinajstić information content (AvgIpc) is 3.19. The van der Waals surface area contributed by atoms with E-state index in [4.69, 9.17) is 17.3 Å². The van der Waals surface area contributed by atoms with E-state index in [9.17, 15) is 0 Å². The predicted octanol–water partition coefficient (Wildman–Crippen LogP) is 3.60. The lowest BCUT2D eigenvalue weighted by Gasteiger charge is -2.23. The molecule has 0 radical (unpaired) electrons. The minimum atomic E-state index is 0.125. The molecular formula is C15H23ClN2. The number of nitrogens with two attached hydrogens (primary N) is 1. The van der Waals surface area contributed by atoms with Crippen LogP contribution in [0.15, 0.2) is 24.3 Å². The minimum absolute atomic E-state index is 0.125. The number of nitrogens with zero attached hydrogens (tertiary/aromatic N) is 1. The van der Waals surface area contributed by atoms with Gasteiger partial charge >= 0.3 is 0 Å². The highest BCUT2D eigenvalue weighted by atomic mass is 35.5. The molecule has 18 heavy (non-hydrogen) atoms. The number of hydrogen-bond acceptors (Lipinski definition) is 2. The van der Waals surface area contributed by atoms with Crippen LogP contribution in [0.1, 0.15) is 44.2 Å². The van der Waals surface area contributed by atoms with Gasteiger partial charge in [-0.05, 0) is 49.9 Å². The van der Waals surface area contributed by atoms with Gasteiger partial charge in [-0.1, -0.05) is 30.7 Å². The third-order valence-electron chi connectivity index (χ3n) is 3.60. The molecule has 1 fully saturated rings. The maximum Gasteiger partial charge on any atom is 0.0406 e. The van der Waals surface area contributed by atoms with Crippen LogP contribution in [-0.2, 0) is 0 Å². The van der Waals surface area contributed by atoms with Crippen molar-refractivity contribution in [1.82, 2.24) is 4.90 Å². The molecular weight excluding hydrogens is 244 g/mol. The summed E-state index contributed by atoms with van der Waals surface area (Å²) >= 11 is 5.89. The van der Waals surface area contributed by atoms with Crippen LogP contribution < -0.4 is 5.73 Å². The van der Waals surface area contributed by atoms with Crippen molar-refractivity contribution < 1.29 is 0 Å². The van der Waals surface area contributed by atoms with Crippen molar-refractivity contribution in [2.45, 2.75) is 44.7 Å². The van der Waals surface area contributed by atoms with Crippen LogP contribution in [0.5, 0.6) is 0 Å². The van der Waals surface area contributed by atoms with Crippen LogP contribution in [-0.4, -0.2) is 24.0 Å². The maximum atomic E-state index is 6.24. The summed E-state index contributed by atoms with van der Waals surface area (Å²) in [6.07, 6.45) is 5.00. The molecule has 1 unspecified atom stereocenters. The highest BCUT2D eigenvalue weighted by Gasteiger charge is 2.28. The van der Waals surface area contributed by atoms with Crippen molar-refractivity contribution in [3.05, 3.63) is 34.9 Å². The van der Waals surface area contributed by atoms with Gasteiger partial charge in [-0.15, -0.1) is 0 Å². The molecule has 2 nitrogen and oxygen atoms in total. The molecule has 100 valence electrons. The van der Waals surface area contributed by atoms with E-state index < -0.39 is 0 Å². The fourth-order valence-corrected chi connectivity index (χ4v) is 2.51. The van der Waals surface area contributed by atoms with Gasteiger partial charge in [-0.3, -0.25) is 0 Å². The average molecular weight is 267 g/mol. The Labute approximate surface area is 115 Å². The molecule has 1 aromatic carbocycles. The molecule has 1 aliphatic rings.